The first-order valence-corrected chi connectivity index (χ1v) is 4.77. The van der Waals surface area contributed by atoms with Gasteiger partial charge in [-0.15, -0.1) is 0 Å². The van der Waals surface area contributed by atoms with Crippen molar-refractivity contribution in [1.29, 1.82) is 0 Å². The predicted octanol–water partition coefficient (Wildman–Crippen LogP) is 2.19. The SMILES string of the molecule is COc1cc2c(c(OC)c1Br)OCO2. The molecule has 2 rings (SSSR count). The molecule has 0 bridgehead atoms. The van der Waals surface area contributed by atoms with Crippen molar-refractivity contribution < 1.29 is 18.9 Å². The lowest BCUT2D eigenvalue weighted by molar-refractivity contribution is 0.171. The molecule has 1 heterocycles. The van der Waals surface area contributed by atoms with Crippen molar-refractivity contribution in [1.82, 2.24) is 0 Å². The molecular weight excluding hydrogens is 252 g/mol. The first kappa shape index (κ1) is 9.45. The Morgan fingerprint density at radius 2 is 2.07 bits per heavy atom. The minimum atomic E-state index is 0.214. The Hall–Kier alpha value is -1.10. The Bertz CT molecular complexity index is 364. The van der Waals surface area contributed by atoms with Crippen LogP contribution < -0.4 is 18.9 Å². The molecule has 4 nitrogen and oxygen atoms in total. The highest BCUT2D eigenvalue weighted by Gasteiger charge is 2.24. The number of hydrogen-bond acceptors (Lipinski definition) is 4. The molecule has 0 radical (unpaired) electrons. The van der Waals surface area contributed by atoms with Crippen molar-refractivity contribution >= 4 is 15.9 Å². The molecule has 0 atom stereocenters. The van der Waals surface area contributed by atoms with E-state index in [-0.39, 0.29) is 6.79 Å². The Labute approximate surface area is 89.8 Å². The zero-order valence-electron chi connectivity index (χ0n) is 7.80. The summed E-state index contributed by atoms with van der Waals surface area (Å²) in [6, 6.07) is 1.76. The number of ether oxygens (including phenoxy) is 4. The topological polar surface area (TPSA) is 36.9 Å². The van der Waals surface area contributed by atoms with Crippen molar-refractivity contribution in [2.45, 2.75) is 0 Å². The van der Waals surface area contributed by atoms with Crippen molar-refractivity contribution in [3.05, 3.63) is 10.5 Å². The van der Waals surface area contributed by atoms with Crippen LogP contribution >= 0.6 is 15.9 Å². The number of fused-ring (bicyclic) bond motifs is 1. The van der Waals surface area contributed by atoms with Gasteiger partial charge < -0.3 is 18.9 Å². The summed E-state index contributed by atoms with van der Waals surface area (Å²) in [4.78, 5) is 0. The molecule has 0 aromatic heterocycles. The fourth-order valence-corrected chi connectivity index (χ4v) is 1.92. The molecule has 5 heteroatoms. The van der Waals surface area contributed by atoms with Crippen LogP contribution in [0.3, 0.4) is 0 Å². The molecule has 1 aromatic carbocycles. The van der Waals surface area contributed by atoms with Crippen LogP contribution in [0.4, 0.5) is 0 Å². The number of methoxy groups -OCH3 is 2. The van der Waals surface area contributed by atoms with Gasteiger partial charge in [-0.1, -0.05) is 0 Å². The Balaban J connectivity index is 2.60. The molecule has 0 saturated heterocycles. The van der Waals surface area contributed by atoms with Gasteiger partial charge in [-0.25, -0.2) is 0 Å². The lowest BCUT2D eigenvalue weighted by Gasteiger charge is -2.10. The molecule has 0 unspecified atom stereocenters. The van der Waals surface area contributed by atoms with Crippen LogP contribution in [0.5, 0.6) is 23.0 Å². The highest BCUT2D eigenvalue weighted by molar-refractivity contribution is 9.10. The molecule has 0 amide bonds. The van der Waals surface area contributed by atoms with E-state index in [1.807, 2.05) is 0 Å². The molecular formula is C9H9BrO4. The average Bonchev–Trinajstić information content (AvgIpc) is 2.64. The van der Waals surface area contributed by atoms with Gasteiger partial charge in [0, 0.05) is 6.07 Å². The van der Waals surface area contributed by atoms with E-state index in [1.54, 1.807) is 20.3 Å². The zero-order valence-corrected chi connectivity index (χ0v) is 9.38. The monoisotopic (exact) mass is 260 g/mol. The molecule has 1 aromatic rings. The number of benzene rings is 1. The molecule has 0 aliphatic carbocycles. The second kappa shape index (κ2) is 3.57. The van der Waals surface area contributed by atoms with E-state index in [1.165, 1.54) is 0 Å². The van der Waals surface area contributed by atoms with Crippen LogP contribution in [0.25, 0.3) is 0 Å². The third-order valence-corrected chi connectivity index (χ3v) is 2.70. The summed E-state index contributed by atoms with van der Waals surface area (Å²) >= 11 is 3.37. The van der Waals surface area contributed by atoms with E-state index in [9.17, 15) is 0 Å². The van der Waals surface area contributed by atoms with E-state index in [0.717, 1.165) is 4.47 Å². The summed E-state index contributed by atoms with van der Waals surface area (Å²) in [6.45, 7) is 0.214. The number of hydrogen-bond donors (Lipinski definition) is 0. The summed E-state index contributed by atoms with van der Waals surface area (Å²) in [5.74, 6) is 2.50. The lowest BCUT2D eigenvalue weighted by Crippen LogP contribution is -1.94. The van der Waals surface area contributed by atoms with Gasteiger partial charge in [-0.3, -0.25) is 0 Å². The molecule has 14 heavy (non-hydrogen) atoms. The molecule has 0 spiro atoms. The van der Waals surface area contributed by atoms with Gasteiger partial charge in [0.25, 0.3) is 0 Å². The predicted molar refractivity (Wildman–Crippen MR) is 53.4 cm³/mol. The standard InChI is InChI=1S/C9H9BrO4/c1-11-5-3-6-8(14-4-13-6)9(12-2)7(5)10/h3H,4H2,1-2H3. The zero-order chi connectivity index (χ0) is 10.1. The fourth-order valence-electron chi connectivity index (χ4n) is 1.30. The van der Waals surface area contributed by atoms with E-state index in [0.29, 0.717) is 23.0 Å². The average molecular weight is 261 g/mol. The van der Waals surface area contributed by atoms with E-state index < -0.39 is 0 Å². The van der Waals surface area contributed by atoms with Crippen LogP contribution in [0, 0.1) is 0 Å². The highest BCUT2D eigenvalue weighted by atomic mass is 79.9. The maximum atomic E-state index is 5.27. The van der Waals surface area contributed by atoms with Gasteiger partial charge in [-0.2, -0.15) is 0 Å². The van der Waals surface area contributed by atoms with Crippen LogP contribution in [-0.2, 0) is 0 Å². The normalized spacial score (nSPS) is 12.8. The lowest BCUT2D eigenvalue weighted by atomic mass is 10.3. The van der Waals surface area contributed by atoms with Gasteiger partial charge in [0.15, 0.2) is 11.5 Å². The van der Waals surface area contributed by atoms with Crippen molar-refractivity contribution in [3.63, 3.8) is 0 Å². The molecule has 0 N–H and O–H groups in total. The van der Waals surface area contributed by atoms with Gasteiger partial charge >= 0.3 is 0 Å². The van der Waals surface area contributed by atoms with Gasteiger partial charge in [0.1, 0.15) is 10.2 Å². The van der Waals surface area contributed by atoms with Crippen LogP contribution in [-0.4, -0.2) is 21.0 Å². The Kier molecular flexibility index (Phi) is 2.41. The maximum absolute atomic E-state index is 5.27. The molecule has 0 fully saturated rings. The van der Waals surface area contributed by atoms with E-state index in [2.05, 4.69) is 15.9 Å². The second-order valence-corrected chi connectivity index (χ2v) is 3.45. The summed E-state index contributed by atoms with van der Waals surface area (Å²) in [5.41, 5.74) is 0. The summed E-state index contributed by atoms with van der Waals surface area (Å²) < 4.78 is 21.6. The largest absolute Gasteiger partial charge is 0.495 e. The Morgan fingerprint density at radius 3 is 2.71 bits per heavy atom. The minimum absolute atomic E-state index is 0.214. The maximum Gasteiger partial charge on any atom is 0.231 e. The van der Waals surface area contributed by atoms with E-state index >= 15 is 0 Å². The van der Waals surface area contributed by atoms with E-state index in [4.69, 9.17) is 18.9 Å². The first-order chi connectivity index (χ1) is 6.77. The quantitative estimate of drug-likeness (QED) is 0.817. The second-order valence-electron chi connectivity index (χ2n) is 2.66. The van der Waals surface area contributed by atoms with Gasteiger partial charge in [-0.05, 0) is 15.9 Å². The first-order valence-electron chi connectivity index (χ1n) is 3.98. The third-order valence-electron chi connectivity index (χ3n) is 1.95. The summed E-state index contributed by atoms with van der Waals surface area (Å²) in [6.07, 6.45) is 0. The van der Waals surface area contributed by atoms with Crippen molar-refractivity contribution in [2.75, 3.05) is 21.0 Å². The van der Waals surface area contributed by atoms with Gasteiger partial charge in [0.05, 0.1) is 14.2 Å². The smallest absolute Gasteiger partial charge is 0.231 e. The minimum Gasteiger partial charge on any atom is -0.495 e. The highest BCUT2D eigenvalue weighted by Crippen LogP contribution is 2.49. The van der Waals surface area contributed by atoms with Crippen molar-refractivity contribution in [2.24, 2.45) is 0 Å². The Morgan fingerprint density at radius 1 is 1.29 bits per heavy atom. The number of rotatable bonds is 2. The molecule has 0 saturated carbocycles. The summed E-state index contributed by atoms with van der Waals surface area (Å²) in [7, 11) is 3.16. The van der Waals surface area contributed by atoms with Crippen LogP contribution in [0.1, 0.15) is 0 Å². The van der Waals surface area contributed by atoms with Gasteiger partial charge in [0.2, 0.25) is 12.5 Å². The fraction of sp³-hybridized carbons (Fsp3) is 0.333. The molecule has 1 aliphatic heterocycles. The van der Waals surface area contributed by atoms with Crippen LogP contribution in [0.15, 0.2) is 10.5 Å². The number of halogens is 1. The molecule has 1 aliphatic rings. The van der Waals surface area contributed by atoms with Crippen molar-refractivity contribution in [3.8, 4) is 23.0 Å². The molecule has 76 valence electrons. The summed E-state index contributed by atoms with van der Waals surface area (Å²) in [5, 5.41) is 0. The van der Waals surface area contributed by atoms with Crippen LogP contribution in [0.2, 0.25) is 0 Å². The third kappa shape index (κ3) is 1.28.